The van der Waals surface area contributed by atoms with Gasteiger partial charge in [-0.2, -0.15) is 0 Å². The molecule has 1 N–H and O–H groups in total. The van der Waals surface area contributed by atoms with Gasteiger partial charge in [0.05, 0.1) is 5.70 Å². The predicted molar refractivity (Wildman–Crippen MR) is 111 cm³/mol. The minimum absolute atomic E-state index is 0.596. The molecule has 0 aromatic heterocycles. The van der Waals surface area contributed by atoms with Crippen LogP contribution < -0.4 is 5.43 Å². The highest BCUT2D eigenvalue weighted by atomic mass is 15.5. The first-order valence-electron chi connectivity index (χ1n) is 9.27. The second-order valence-electron chi connectivity index (χ2n) is 7.60. The van der Waals surface area contributed by atoms with Gasteiger partial charge >= 0.3 is 0 Å². The molecule has 0 bridgehead atoms. The van der Waals surface area contributed by atoms with Crippen molar-refractivity contribution in [2.45, 2.75) is 13.8 Å². The van der Waals surface area contributed by atoms with E-state index in [-0.39, 0.29) is 0 Å². The van der Waals surface area contributed by atoms with E-state index in [2.05, 4.69) is 110 Å². The number of nitrogens with one attached hydrogen (secondary N) is 1. The summed E-state index contributed by atoms with van der Waals surface area (Å²) in [5.41, 5.74) is 9.74. The van der Waals surface area contributed by atoms with Crippen LogP contribution in [0.2, 0.25) is 0 Å². The van der Waals surface area contributed by atoms with Crippen molar-refractivity contribution in [3.63, 3.8) is 0 Å². The average Bonchev–Trinajstić information content (AvgIpc) is 2.61. The van der Waals surface area contributed by atoms with Crippen LogP contribution in [0.3, 0.4) is 0 Å². The fourth-order valence-electron chi connectivity index (χ4n) is 3.21. The van der Waals surface area contributed by atoms with E-state index >= 15 is 0 Å². The van der Waals surface area contributed by atoms with Crippen molar-refractivity contribution in [3.8, 4) is 11.1 Å². The summed E-state index contributed by atoms with van der Waals surface area (Å²) in [6.45, 7) is 6.40. The molecule has 0 amide bonds. The number of hydrogen-bond donors (Lipinski definition) is 1. The highest BCUT2D eigenvalue weighted by Crippen LogP contribution is 2.24. The molecule has 0 radical (unpaired) electrons. The summed E-state index contributed by atoms with van der Waals surface area (Å²) in [7, 11) is 4.22. The van der Waals surface area contributed by atoms with Crippen molar-refractivity contribution in [2.24, 2.45) is 5.92 Å². The molecular weight excluding hydrogens is 318 g/mol. The lowest BCUT2D eigenvalue weighted by molar-refractivity contribution is 0.279. The van der Waals surface area contributed by atoms with Gasteiger partial charge in [-0.1, -0.05) is 68.4 Å². The number of benzene rings is 2. The zero-order valence-electron chi connectivity index (χ0n) is 16.2. The molecule has 3 rings (SSSR count). The van der Waals surface area contributed by atoms with Crippen LogP contribution in [-0.2, 0) is 0 Å². The fourth-order valence-corrected chi connectivity index (χ4v) is 3.21. The summed E-state index contributed by atoms with van der Waals surface area (Å²) < 4.78 is 0. The molecule has 1 aliphatic rings. The first-order valence-corrected chi connectivity index (χ1v) is 9.27. The summed E-state index contributed by atoms with van der Waals surface area (Å²) in [5, 5.41) is 2.21. The summed E-state index contributed by atoms with van der Waals surface area (Å²) >= 11 is 0. The number of hydrazine groups is 1. The van der Waals surface area contributed by atoms with Crippen molar-refractivity contribution in [2.75, 3.05) is 27.2 Å². The first kappa shape index (κ1) is 18.3. The maximum absolute atomic E-state index is 3.56. The van der Waals surface area contributed by atoms with Crippen molar-refractivity contribution < 1.29 is 0 Å². The SMILES string of the molecule is CC(C)CN1C=C(CN(C)C)C=C(c2ccc(-c3ccccc3)cc2)N1. The van der Waals surface area contributed by atoms with E-state index in [1.165, 1.54) is 22.3 Å². The van der Waals surface area contributed by atoms with Crippen LogP contribution in [0.1, 0.15) is 19.4 Å². The molecule has 0 atom stereocenters. The first-order chi connectivity index (χ1) is 12.5. The van der Waals surface area contributed by atoms with E-state index in [9.17, 15) is 0 Å². The van der Waals surface area contributed by atoms with Crippen molar-refractivity contribution >= 4 is 5.70 Å². The standard InChI is InChI=1S/C23H29N3/c1-18(2)15-26-17-19(16-25(3)4)14-23(24-26)22-12-10-21(11-13-22)20-8-6-5-7-9-20/h5-14,17-18,24H,15-16H2,1-4H3. The van der Waals surface area contributed by atoms with Crippen LogP contribution in [0, 0.1) is 5.92 Å². The van der Waals surface area contributed by atoms with Crippen LogP contribution in [0.5, 0.6) is 0 Å². The zero-order chi connectivity index (χ0) is 18.5. The third-order valence-electron chi connectivity index (χ3n) is 4.28. The Kier molecular flexibility index (Phi) is 5.79. The Morgan fingerprint density at radius 1 is 0.885 bits per heavy atom. The molecule has 136 valence electrons. The molecular formula is C23H29N3. The monoisotopic (exact) mass is 347 g/mol. The maximum Gasteiger partial charge on any atom is 0.0618 e. The third-order valence-corrected chi connectivity index (χ3v) is 4.28. The Balaban J connectivity index is 1.84. The van der Waals surface area contributed by atoms with E-state index in [1.54, 1.807) is 0 Å². The van der Waals surface area contributed by atoms with Gasteiger partial charge in [0.25, 0.3) is 0 Å². The van der Waals surface area contributed by atoms with Gasteiger partial charge in [0.15, 0.2) is 0 Å². The summed E-state index contributed by atoms with van der Waals surface area (Å²) in [6, 6.07) is 19.3. The Morgan fingerprint density at radius 3 is 2.12 bits per heavy atom. The molecule has 2 aromatic carbocycles. The predicted octanol–water partition coefficient (Wildman–Crippen LogP) is 4.62. The molecule has 0 fully saturated rings. The van der Waals surface area contributed by atoms with Crippen LogP contribution in [0.15, 0.2) is 72.4 Å². The summed E-state index contributed by atoms with van der Waals surface area (Å²) in [4.78, 5) is 2.21. The molecule has 0 saturated carbocycles. The highest BCUT2D eigenvalue weighted by Gasteiger charge is 2.14. The van der Waals surface area contributed by atoms with Crippen molar-refractivity contribution in [1.82, 2.24) is 15.3 Å². The molecule has 3 nitrogen and oxygen atoms in total. The Bertz CT molecular complexity index is 771. The van der Waals surface area contributed by atoms with Gasteiger partial charge in [0, 0.05) is 19.3 Å². The normalized spacial score (nSPS) is 14.3. The quantitative estimate of drug-likeness (QED) is 0.823. The molecule has 0 spiro atoms. The van der Waals surface area contributed by atoms with Crippen LogP contribution in [-0.4, -0.2) is 37.1 Å². The van der Waals surface area contributed by atoms with E-state index < -0.39 is 0 Å². The minimum atomic E-state index is 0.596. The van der Waals surface area contributed by atoms with Crippen molar-refractivity contribution in [1.29, 1.82) is 0 Å². The van der Waals surface area contributed by atoms with E-state index in [1.807, 2.05) is 0 Å². The number of nitrogens with zero attached hydrogens (tertiary/aromatic N) is 2. The Hall–Kier alpha value is -2.52. The second kappa shape index (κ2) is 8.24. The van der Waals surface area contributed by atoms with Gasteiger partial charge in [0.2, 0.25) is 0 Å². The lowest BCUT2D eigenvalue weighted by Gasteiger charge is -2.31. The Morgan fingerprint density at radius 2 is 1.50 bits per heavy atom. The molecule has 0 unspecified atom stereocenters. The second-order valence-corrected chi connectivity index (χ2v) is 7.60. The molecule has 0 saturated heterocycles. The molecule has 1 heterocycles. The van der Waals surface area contributed by atoms with E-state index in [0.717, 1.165) is 18.8 Å². The molecule has 2 aromatic rings. The largest absolute Gasteiger partial charge is 0.305 e. The Labute approximate surface area is 157 Å². The van der Waals surface area contributed by atoms with Gasteiger partial charge in [-0.3, -0.25) is 10.4 Å². The molecule has 1 aliphatic heterocycles. The zero-order valence-corrected chi connectivity index (χ0v) is 16.2. The minimum Gasteiger partial charge on any atom is -0.305 e. The van der Waals surface area contributed by atoms with Gasteiger partial charge in [-0.05, 0) is 48.4 Å². The van der Waals surface area contributed by atoms with E-state index in [0.29, 0.717) is 5.92 Å². The third kappa shape index (κ3) is 4.77. The summed E-state index contributed by atoms with van der Waals surface area (Å²) in [5.74, 6) is 0.596. The maximum atomic E-state index is 3.56. The van der Waals surface area contributed by atoms with Gasteiger partial charge in [0.1, 0.15) is 0 Å². The van der Waals surface area contributed by atoms with Crippen LogP contribution in [0.25, 0.3) is 16.8 Å². The highest BCUT2D eigenvalue weighted by molar-refractivity contribution is 5.71. The lowest BCUT2D eigenvalue weighted by atomic mass is 10.0. The molecule has 26 heavy (non-hydrogen) atoms. The molecule has 3 heteroatoms. The number of hydrogen-bond acceptors (Lipinski definition) is 3. The average molecular weight is 348 g/mol. The van der Waals surface area contributed by atoms with E-state index in [4.69, 9.17) is 0 Å². The fraction of sp³-hybridized carbons (Fsp3) is 0.304. The van der Waals surface area contributed by atoms with Gasteiger partial charge in [-0.25, -0.2) is 0 Å². The van der Waals surface area contributed by atoms with Gasteiger partial charge in [-0.15, -0.1) is 0 Å². The summed E-state index contributed by atoms with van der Waals surface area (Å²) in [6.07, 6.45) is 4.48. The number of likely N-dealkylation sites (N-methyl/N-ethyl adjacent to an activating group) is 1. The van der Waals surface area contributed by atoms with Crippen molar-refractivity contribution in [3.05, 3.63) is 78.0 Å². The number of rotatable bonds is 6. The van der Waals surface area contributed by atoms with Crippen LogP contribution >= 0.6 is 0 Å². The topological polar surface area (TPSA) is 18.5 Å². The molecule has 0 aliphatic carbocycles. The van der Waals surface area contributed by atoms with Gasteiger partial charge < -0.3 is 4.90 Å². The smallest absolute Gasteiger partial charge is 0.0618 e. The van der Waals surface area contributed by atoms with Crippen LogP contribution in [0.4, 0.5) is 0 Å². The lowest BCUT2D eigenvalue weighted by Crippen LogP contribution is -2.38.